The molecule has 2 rings (SSSR count). The Bertz CT molecular complexity index is 578. The van der Waals surface area contributed by atoms with Gasteiger partial charge in [-0.2, -0.15) is 4.98 Å². The lowest BCUT2D eigenvalue weighted by Gasteiger charge is -2.09. The van der Waals surface area contributed by atoms with Gasteiger partial charge in [-0.3, -0.25) is 5.43 Å². The molecule has 0 bridgehead atoms. The lowest BCUT2D eigenvalue weighted by molar-refractivity contribution is 0.616. The van der Waals surface area contributed by atoms with Crippen LogP contribution in [0.1, 0.15) is 0 Å². The van der Waals surface area contributed by atoms with Crippen molar-refractivity contribution in [1.29, 1.82) is 0 Å². The second-order valence-corrected chi connectivity index (χ2v) is 3.67. The number of hydrogen-bond acceptors (Lipinski definition) is 5. The number of hydrogen-bond donors (Lipinski definition) is 3. The van der Waals surface area contributed by atoms with E-state index in [1.807, 2.05) is 0 Å². The summed E-state index contributed by atoms with van der Waals surface area (Å²) in [5, 5.41) is 2.40. The fraction of sp³-hybridized carbons (Fsp3) is 0. The third-order valence-electron chi connectivity index (χ3n) is 2.08. The molecule has 0 amide bonds. The van der Waals surface area contributed by atoms with Gasteiger partial charge in [0.1, 0.15) is 0 Å². The van der Waals surface area contributed by atoms with E-state index in [9.17, 15) is 8.78 Å². The Morgan fingerprint density at radius 3 is 2.78 bits per heavy atom. The topological polar surface area (TPSA) is 75.9 Å². The molecule has 0 aliphatic rings. The molecule has 0 atom stereocenters. The van der Waals surface area contributed by atoms with E-state index in [0.29, 0.717) is 0 Å². The highest BCUT2D eigenvalue weighted by Gasteiger charge is 2.11. The smallest absolute Gasteiger partial charge is 0.239 e. The molecule has 0 aliphatic heterocycles. The van der Waals surface area contributed by atoms with E-state index in [0.717, 1.165) is 6.20 Å². The number of nitrogens with one attached hydrogen (secondary N) is 2. The molecule has 94 valence electrons. The Labute approximate surface area is 106 Å². The molecule has 0 saturated heterocycles. The van der Waals surface area contributed by atoms with Crippen molar-refractivity contribution in [1.82, 2.24) is 9.97 Å². The lowest BCUT2D eigenvalue weighted by atomic mass is 10.3. The molecule has 2 aromatic rings. The largest absolute Gasteiger partial charge is 0.335 e. The minimum atomic E-state index is -0.742. The lowest BCUT2D eigenvalue weighted by Crippen LogP contribution is -2.12. The summed E-state index contributed by atoms with van der Waals surface area (Å²) in [5.41, 5.74) is 2.16. The van der Waals surface area contributed by atoms with Gasteiger partial charge in [0.25, 0.3) is 0 Å². The Morgan fingerprint density at radius 1 is 1.28 bits per heavy atom. The summed E-state index contributed by atoms with van der Waals surface area (Å²) in [7, 11) is 0. The molecule has 18 heavy (non-hydrogen) atoms. The van der Waals surface area contributed by atoms with Crippen molar-refractivity contribution in [3.8, 4) is 0 Å². The first-order valence-electron chi connectivity index (χ1n) is 4.82. The van der Waals surface area contributed by atoms with E-state index in [1.54, 1.807) is 0 Å². The van der Waals surface area contributed by atoms with E-state index in [1.165, 1.54) is 18.2 Å². The van der Waals surface area contributed by atoms with Crippen molar-refractivity contribution in [2.75, 3.05) is 10.7 Å². The van der Waals surface area contributed by atoms with Crippen LogP contribution in [0.25, 0.3) is 0 Å². The second kappa shape index (κ2) is 5.11. The predicted molar refractivity (Wildman–Crippen MR) is 64.5 cm³/mol. The van der Waals surface area contributed by atoms with Gasteiger partial charge in [0.2, 0.25) is 5.95 Å². The van der Waals surface area contributed by atoms with E-state index in [-0.39, 0.29) is 22.5 Å². The molecule has 1 aromatic carbocycles. The third-order valence-corrected chi connectivity index (χ3v) is 2.37. The van der Waals surface area contributed by atoms with Crippen LogP contribution in [0.5, 0.6) is 0 Å². The van der Waals surface area contributed by atoms with Gasteiger partial charge in [0.05, 0.1) is 16.9 Å². The molecule has 0 aliphatic carbocycles. The zero-order valence-electron chi connectivity index (χ0n) is 8.92. The summed E-state index contributed by atoms with van der Waals surface area (Å²) >= 11 is 5.60. The molecule has 0 unspecified atom stereocenters. The Kier molecular flexibility index (Phi) is 3.54. The van der Waals surface area contributed by atoms with Gasteiger partial charge in [-0.15, -0.1) is 0 Å². The molecule has 1 aromatic heterocycles. The normalized spacial score (nSPS) is 10.2. The molecular weight excluding hydrogens is 264 g/mol. The number of nitrogens with two attached hydrogens (primary N) is 1. The molecule has 0 saturated carbocycles. The summed E-state index contributed by atoms with van der Waals surface area (Å²) in [6.07, 6.45) is 0.910. The van der Waals surface area contributed by atoms with Gasteiger partial charge in [0.15, 0.2) is 17.5 Å². The number of nitrogens with zero attached hydrogens (tertiary/aromatic N) is 2. The monoisotopic (exact) mass is 271 g/mol. The molecule has 0 fully saturated rings. The van der Waals surface area contributed by atoms with Gasteiger partial charge in [0, 0.05) is 0 Å². The quantitative estimate of drug-likeness (QED) is 0.590. The first-order valence-corrected chi connectivity index (χ1v) is 5.20. The van der Waals surface area contributed by atoms with Crippen LogP contribution in [0, 0.1) is 11.6 Å². The van der Waals surface area contributed by atoms with Crippen LogP contribution in [-0.2, 0) is 0 Å². The molecule has 0 spiro atoms. The van der Waals surface area contributed by atoms with Gasteiger partial charge in [-0.1, -0.05) is 17.7 Å². The first-order chi connectivity index (χ1) is 8.61. The van der Waals surface area contributed by atoms with Crippen LogP contribution in [0.2, 0.25) is 5.02 Å². The predicted octanol–water partition coefficient (Wildman–Crippen LogP) is 2.44. The van der Waals surface area contributed by atoms with Crippen molar-refractivity contribution in [3.05, 3.63) is 41.1 Å². The van der Waals surface area contributed by atoms with Crippen LogP contribution in [0.15, 0.2) is 24.4 Å². The third kappa shape index (κ3) is 2.47. The van der Waals surface area contributed by atoms with E-state index in [2.05, 4.69) is 20.7 Å². The average Bonchev–Trinajstić information content (AvgIpc) is 2.37. The molecule has 0 radical (unpaired) electrons. The fourth-order valence-corrected chi connectivity index (χ4v) is 1.43. The summed E-state index contributed by atoms with van der Waals surface area (Å²) in [4.78, 5) is 7.27. The number of rotatable bonds is 3. The van der Waals surface area contributed by atoms with Crippen LogP contribution >= 0.6 is 11.6 Å². The minimum Gasteiger partial charge on any atom is -0.335 e. The highest BCUT2D eigenvalue weighted by molar-refractivity contribution is 6.31. The number of benzene rings is 1. The SMILES string of the molecule is NNc1ncc(F)c(Nc2cccc(Cl)c2F)n1. The van der Waals surface area contributed by atoms with Crippen LogP contribution in [0.4, 0.5) is 26.2 Å². The van der Waals surface area contributed by atoms with Crippen LogP contribution in [-0.4, -0.2) is 9.97 Å². The molecule has 8 heteroatoms. The second-order valence-electron chi connectivity index (χ2n) is 3.26. The van der Waals surface area contributed by atoms with Gasteiger partial charge in [-0.25, -0.2) is 19.6 Å². The number of aromatic nitrogens is 2. The number of anilines is 3. The number of nitrogen functional groups attached to an aromatic ring is 1. The summed E-state index contributed by atoms with van der Waals surface area (Å²) in [6.45, 7) is 0. The van der Waals surface area contributed by atoms with Crippen molar-refractivity contribution in [3.63, 3.8) is 0 Å². The van der Waals surface area contributed by atoms with Gasteiger partial charge in [-0.05, 0) is 12.1 Å². The maximum Gasteiger partial charge on any atom is 0.239 e. The van der Waals surface area contributed by atoms with Crippen molar-refractivity contribution >= 4 is 29.1 Å². The Balaban J connectivity index is 2.36. The minimum absolute atomic E-state index is 0.00124. The van der Waals surface area contributed by atoms with Crippen LogP contribution < -0.4 is 16.6 Å². The summed E-state index contributed by atoms with van der Waals surface area (Å²) in [5.74, 6) is 3.45. The maximum absolute atomic E-state index is 13.6. The molecule has 5 nitrogen and oxygen atoms in total. The van der Waals surface area contributed by atoms with Crippen molar-refractivity contribution in [2.24, 2.45) is 5.84 Å². The molecular formula is C10H8ClF2N5. The fourth-order valence-electron chi connectivity index (χ4n) is 1.25. The Morgan fingerprint density at radius 2 is 2.06 bits per heavy atom. The zero-order chi connectivity index (χ0) is 13.1. The summed E-state index contributed by atoms with van der Waals surface area (Å²) < 4.78 is 27.0. The van der Waals surface area contributed by atoms with E-state index in [4.69, 9.17) is 17.4 Å². The maximum atomic E-state index is 13.6. The van der Waals surface area contributed by atoms with Crippen molar-refractivity contribution < 1.29 is 8.78 Å². The van der Waals surface area contributed by atoms with E-state index >= 15 is 0 Å². The van der Waals surface area contributed by atoms with Gasteiger partial charge < -0.3 is 5.32 Å². The number of hydrazine groups is 1. The first kappa shape index (κ1) is 12.5. The Hall–Kier alpha value is -1.99. The van der Waals surface area contributed by atoms with Crippen molar-refractivity contribution in [2.45, 2.75) is 0 Å². The zero-order valence-corrected chi connectivity index (χ0v) is 9.67. The number of halogens is 3. The highest BCUT2D eigenvalue weighted by Crippen LogP contribution is 2.25. The molecule has 4 N–H and O–H groups in total. The highest BCUT2D eigenvalue weighted by atomic mass is 35.5. The van der Waals surface area contributed by atoms with Crippen LogP contribution in [0.3, 0.4) is 0 Å². The standard InChI is InChI=1S/C10H8ClF2N5/c11-5-2-1-3-7(8(5)13)16-9-6(12)4-15-10(17-9)18-14/h1-4H,14H2,(H2,15,16,17,18). The molecule has 1 heterocycles. The van der Waals surface area contributed by atoms with E-state index < -0.39 is 11.6 Å². The summed E-state index contributed by atoms with van der Waals surface area (Å²) in [6, 6.07) is 4.30. The average molecular weight is 272 g/mol. The van der Waals surface area contributed by atoms with Gasteiger partial charge >= 0.3 is 0 Å².